The Morgan fingerprint density at radius 1 is 1.28 bits per heavy atom. The first-order valence-electron chi connectivity index (χ1n) is 7.83. The van der Waals surface area contributed by atoms with Gasteiger partial charge in [0.15, 0.2) is 6.61 Å². The molecule has 25 heavy (non-hydrogen) atoms. The van der Waals surface area contributed by atoms with Crippen molar-refractivity contribution in [2.45, 2.75) is 0 Å². The van der Waals surface area contributed by atoms with Crippen molar-refractivity contribution >= 4 is 28.5 Å². The highest BCUT2D eigenvalue weighted by Gasteiger charge is 2.12. The van der Waals surface area contributed by atoms with E-state index < -0.39 is 0 Å². The highest BCUT2D eigenvalue weighted by molar-refractivity contribution is 7.17. The zero-order valence-electron chi connectivity index (χ0n) is 13.5. The first-order chi connectivity index (χ1) is 12.2. The van der Waals surface area contributed by atoms with Gasteiger partial charge in [0, 0.05) is 18.0 Å². The van der Waals surface area contributed by atoms with E-state index in [1.54, 1.807) is 17.6 Å². The SMILES string of the molecule is O=C(COc1ccc(F)cc1)N/N=C/c1ccc(N2CCOCC2)s1. The topological polar surface area (TPSA) is 63.2 Å². The third kappa shape index (κ3) is 5.27. The van der Waals surface area contributed by atoms with Gasteiger partial charge in [0.2, 0.25) is 0 Å². The number of amides is 1. The maximum Gasteiger partial charge on any atom is 0.277 e. The maximum atomic E-state index is 12.8. The number of carbonyl (C=O) groups excluding carboxylic acids is 1. The molecule has 1 aliphatic heterocycles. The fourth-order valence-electron chi connectivity index (χ4n) is 2.25. The molecule has 3 rings (SSSR count). The molecule has 2 heterocycles. The molecule has 0 atom stereocenters. The summed E-state index contributed by atoms with van der Waals surface area (Å²) in [4.78, 5) is 14.9. The number of ether oxygens (including phenoxy) is 2. The van der Waals surface area contributed by atoms with Crippen LogP contribution in [0, 0.1) is 5.82 Å². The molecule has 0 radical (unpaired) electrons. The highest BCUT2D eigenvalue weighted by atomic mass is 32.1. The normalized spacial score (nSPS) is 14.7. The van der Waals surface area contributed by atoms with Gasteiger partial charge in [-0.15, -0.1) is 11.3 Å². The number of hydrogen-bond acceptors (Lipinski definition) is 6. The average molecular weight is 363 g/mol. The minimum atomic E-state index is -0.384. The lowest BCUT2D eigenvalue weighted by Gasteiger charge is -2.27. The smallest absolute Gasteiger partial charge is 0.277 e. The largest absolute Gasteiger partial charge is 0.484 e. The molecule has 8 heteroatoms. The Morgan fingerprint density at radius 2 is 2.04 bits per heavy atom. The summed E-state index contributed by atoms with van der Waals surface area (Å²) in [6.07, 6.45) is 1.60. The van der Waals surface area contributed by atoms with Gasteiger partial charge in [-0.05, 0) is 36.4 Å². The number of hydrazone groups is 1. The van der Waals surface area contributed by atoms with Gasteiger partial charge in [-0.25, -0.2) is 9.82 Å². The van der Waals surface area contributed by atoms with Crippen molar-refractivity contribution in [3.05, 3.63) is 47.1 Å². The van der Waals surface area contributed by atoms with Crippen molar-refractivity contribution < 1.29 is 18.7 Å². The molecule has 1 saturated heterocycles. The minimum Gasteiger partial charge on any atom is -0.484 e. The van der Waals surface area contributed by atoms with Crippen LogP contribution in [0.15, 0.2) is 41.5 Å². The molecule has 1 aromatic heterocycles. The van der Waals surface area contributed by atoms with Crippen LogP contribution in [0.2, 0.25) is 0 Å². The van der Waals surface area contributed by atoms with Gasteiger partial charge >= 0.3 is 0 Å². The molecule has 2 aromatic rings. The minimum absolute atomic E-state index is 0.188. The molecule has 1 aliphatic rings. The monoisotopic (exact) mass is 363 g/mol. The van der Waals surface area contributed by atoms with Crippen LogP contribution in [-0.2, 0) is 9.53 Å². The summed E-state index contributed by atoms with van der Waals surface area (Å²) in [5, 5.41) is 5.09. The average Bonchev–Trinajstić information content (AvgIpc) is 3.11. The van der Waals surface area contributed by atoms with Gasteiger partial charge in [-0.1, -0.05) is 0 Å². The number of nitrogens with zero attached hydrogens (tertiary/aromatic N) is 2. The molecular weight excluding hydrogens is 345 g/mol. The van der Waals surface area contributed by atoms with Crippen LogP contribution in [-0.4, -0.2) is 45.0 Å². The van der Waals surface area contributed by atoms with Crippen LogP contribution in [0.1, 0.15) is 4.88 Å². The number of morpholine rings is 1. The van der Waals surface area contributed by atoms with Crippen molar-refractivity contribution in [2.75, 3.05) is 37.8 Å². The number of thiophene rings is 1. The predicted octanol–water partition coefficient (Wildman–Crippen LogP) is 2.25. The number of halogens is 1. The van der Waals surface area contributed by atoms with Crippen LogP contribution in [0.4, 0.5) is 9.39 Å². The molecule has 0 spiro atoms. The van der Waals surface area contributed by atoms with Crippen LogP contribution in [0.3, 0.4) is 0 Å². The maximum absolute atomic E-state index is 12.8. The van der Waals surface area contributed by atoms with Crippen LogP contribution < -0.4 is 15.1 Å². The second-order valence-electron chi connectivity index (χ2n) is 5.31. The number of carbonyl (C=O) groups is 1. The Hall–Kier alpha value is -2.45. The second kappa shape index (κ2) is 8.59. The molecule has 0 unspecified atom stereocenters. The van der Waals surface area contributed by atoms with Gasteiger partial charge in [-0.2, -0.15) is 5.10 Å². The van der Waals surface area contributed by atoms with Crippen molar-refractivity contribution in [1.82, 2.24) is 5.43 Å². The van der Waals surface area contributed by atoms with Crippen molar-refractivity contribution in [1.29, 1.82) is 0 Å². The molecule has 6 nitrogen and oxygen atoms in total. The van der Waals surface area contributed by atoms with Gasteiger partial charge in [0.05, 0.1) is 24.4 Å². The lowest BCUT2D eigenvalue weighted by Crippen LogP contribution is -2.35. The third-order valence-electron chi connectivity index (χ3n) is 3.50. The summed E-state index contributed by atoms with van der Waals surface area (Å²) in [6, 6.07) is 9.47. The first-order valence-corrected chi connectivity index (χ1v) is 8.65. The van der Waals surface area contributed by atoms with Crippen molar-refractivity contribution in [2.24, 2.45) is 5.10 Å². The summed E-state index contributed by atoms with van der Waals surface area (Å²) in [5.74, 6) is -0.312. The van der Waals surface area contributed by atoms with E-state index in [9.17, 15) is 9.18 Å². The van der Waals surface area contributed by atoms with Gasteiger partial charge in [-0.3, -0.25) is 4.79 Å². The summed E-state index contributed by atoms with van der Waals surface area (Å²) >= 11 is 1.61. The zero-order chi connectivity index (χ0) is 17.5. The summed E-state index contributed by atoms with van der Waals surface area (Å²) in [6.45, 7) is 3.06. The summed E-state index contributed by atoms with van der Waals surface area (Å²) < 4.78 is 23.4. The first kappa shape index (κ1) is 17.4. The molecule has 1 N–H and O–H groups in total. The highest BCUT2D eigenvalue weighted by Crippen LogP contribution is 2.25. The van der Waals surface area contributed by atoms with E-state index >= 15 is 0 Å². The van der Waals surface area contributed by atoms with Crippen LogP contribution in [0.5, 0.6) is 5.75 Å². The van der Waals surface area contributed by atoms with E-state index in [1.165, 1.54) is 24.3 Å². The van der Waals surface area contributed by atoms with Crippen LogP contribution in [0.25, 0.3) is 0 Å². The van der Waals surface area contributed by atoms with E-state index in [0.29, 0.717) is 5.75 Å². The molecule has 1 amide bonds. The van der Waals surface area contributed by atoms with Gasteiger partial charge in [0.25, 0.3) is 5.91 Å². The standard InChI is InChI=1S/C17H18FN3O3S/c18-13-1-3-14(4-2-13)24-12-16(22)20-19-11-15-5-6-17(25-15)21-7-9-23-10-8-21/h1-6,11H,7-10,12H2,(H,20,22)/b19-11+. The molecule has 0 bridgehead atoms. The van der Waals surface area contributed by atoms with E-state index in [2.05, 4.69) is 15.4 Å². The Kier molecular flexibility index (Phi) is 5.97. The zero-order valence-corrected chi connectivity index (χ0v) is 14.3. The molecule has 132 valence electrons. The Morgan fingerprint density at radius 3 is 2.80 bits per heavy atom. The van der Waals surface area contributed by atoms with Crippen LogP contribution >= 0.6 is 11.3 Å². The Labute approximate surface area is 148 Å². The fraction of sp³-hybridized carbons (Fsp3) is 0.294. The van der Waals surface area contributed by atoms with Gasteiger partial charge in [0.1, 0.15) is 11.6 Å². The Balaban J connectivity index is 1.43. The number of rotatable bonds is 6. The number of hydrogen-bond donors (Lipinski definition) is 1. The lowest BCUT2D eigenvalue weighted by molar-refractivity contribution is -0.123. The number of nitrogens with one attached hydrogen (secondary N) is 1. The molecule has 1 aromatic carbocycles. The fourth-order valence-corrected chi connectivity index (χ4v) is 3.18. The van der Waals surface area contributed by atoms with E-state index in [-0.39, 0.29) is 18.3 Å². The molecule has 0 saturated carbocycles. The number of anilines is 1. The van der Waals surface area contributed by atoms with E-state index in [4.69, 9.17) is 9.47 Å². The summed E-state index contributed by atoms with van der Waals surface area (Å²) in [5.41, 5.74) is 2.41. The lowest BCUT2D eigenvalue weighted by atomic mass is 10.3. The quantitative estimate of drug-likeness (QED) is 0.632. The number of benzene rings is 1. The van der Waals surface area contributed by atoms with E-state index in [1.807, 2.05) is 12.1 Å². The van der Waals surface area contributed by atoms with Crippen molar-refractivity contribution in [3.8, 4) is 5.75 Å². The van der Waals surface area contributed by atoms with Gasteiger partial charge < -0.3 is 14.4 Å². The Bertz CT molecular complexity index is 727. The molecule has 1 fully saturated rings. The van der Waals surface area contributed by atoms with E-state index in [0.717, 1.165) is 36.2 Å². The second-order valence-corrected chi connectivity index (χ2v) is 6.41. The predicted molar refractivity (Wildman–Crippen MR) is 95.0 cm³/mol. The summed E-state index contributed by atoms with van der Waals surface area (Å²) in [7, 11) is 0. The van der Waals surface area contributed by atoms with Crippen molar-refractivity contribution in [3.63, 3.8) is 0 Å². The molecule has 0 aliphatic carbocycles. The molecular formula is C17H18FN3O3S. The third-order valence-corrected chi connectivity index (χ3v) is 4.58.